The molecule has 0 radical (unpaired) electrons. The summed E-state index contributed by atoms with van der Waals surface area (Å²) >= 11 is 0. The molecule has 0 bridgehead atoms. The van der Waals surface area contributed by atoms with Crippen LogP contribution in [0.15, 0.2) is 12.2 Å². The van der Waals surface area contributed by atoms with Crippen molar-refractivity contribution in [3.05, 3.63) is 12.2 Å². The first-order valence-electron chi connectivity index (χ1n) is 6.29. The Morgan fingerprint density at radius 1 is 1.25 bits per heavy atom. The molecule has 0 heterocycles. The molecule has 0 aliphatic heterocycles. The molecule has 0 aliphatic carbocycles. The molecule has 0 saturated carbocycles. The molecule has 0 saturated heterocycles. The van der Waals surface area contributed by atoms with Gasteiger partial charge >= 0.3 is 0 Å². The van der Waals surface area contributed by atoms with Gasteiger partial charge in [-0.15, -0.1) is 0 Å². The van der Waals surface area contributed by atoms with Crippen molar-refractivity contribution in [2.45, 2.75) is 51.5 Å². The fourth-order valence-corrected chi connectivity index (χ4v) is 1.58. The Bertz CT molecular complexity index is 188. The topological polar surface area (TPSA) is 66.5 Å². The highest BCUT2D eigenvalue weighted by Gasteiger charge is 2.20. The zero-order chi connectivity index (χ0) is 12.4. The van der Waals surface area contributed by atoms with Gasteiger partial charge in [-0.2, -0.15) is 0 Å². The van der Waals surface area contributed by atoms with Crippen molar-refractivity contribution < 1.29 is 10.2 Å². The van der Waals surface area contributed by atoms with Gasteiger partial charge in [0.2, 0.25) is 0 Å². The fraction of sp³-hybridized carbons (Fsp3) is 0.846. The summed E-state index contributed by atoms with van der Waals surface area (Å²) < 4.78 is 0. The predicted octanol–water partition coefficient (Wildman–Crippen LogP) is 1.83. The molecular formula is C13H27NO2. The van der Waals surface area contributed by atoms with E-state index in [-0.39, 0.29) is 13.2 Å². The molecule has 0 spiro atoms. The van der Waals surface area contributed by atoms with Gasteiger partial charge in [-0.25, -0.2) is 0 Å². The first-order chi connectivity index (χ1) is 7.61. The van der Waals surface area contributed by atoms with Crippen LogP contribution in [0.3, 0.4) is 0 Å². The molecule has 1 atom stereocenters. The minimum atomic E-state index is -0.862. The lowest BCUT2D eigenvalue weighted by Crippen LogP contribution is -2.46. The number of hydrogen-bond acceptors (Lipinski definition) is 3. The molecule has 0 aromatic rings. The van der Waals surface area contributed by atoms with E-state index >= 15 is 0 Å². The lowest BCUT2D eigenvalue weighted by molar-refractivity contribution is 0.123. The van der Waals surface area contributed by atoms with Gasteiger partial charge in [0, 0.05) is 0 Å². The van der Waals surface area contributed by atoms with Gasteiger partial charge in [-0.3, -0.25) is 0 Å². The molecule has 0 fully saturated rings. The smallest absolute Gasteiger partial charge is 0.0657 e. The lowest BCUT2D eigenvalue weighted by atomic mass is 9.94. The second-order valence-electron chi connectivity index (χ2n) is 4.62. The van der Waals surface area contributed by atoms with Crippen LogP contribution in [0, 0.1) is 5.92 Å². The van der Waals surface area contributed by atoms with Crippen molar-refractivity contribution in [2.75, 3.05) is 13.2 Å². The van der Waals surface area contributed by atoms with Crippen molar-refractivity contribution in [2.24, 2.45) is 11.7 Å². The van der Waals surface area contributed by atoms with Crippen LogP contribution in [0.4, 0.5) is 0 Å². The highest BCUT2D eigenvalue weighted by Crippen LogP contribution is 2.15. The largest absolute Gasteiger partial charge is 0.394 e. The maximum Gasteiger partial charge on any atom is 0.0657 e. The third kappa shape index (κ3) is 6.26. The van der Waals surface area contributed by atoms with E-state index in [0.29, 0.717) is 12.3 Å². The van der Waals surface area contributed by atoms with E-state index in [1.54, 1.807) is 0 Å². The van der Waals surface area contributed by atoms with Crippen molar-refractivity contribution in [3.8, 4) is 0 Å². The van der Waals surface area contributed by atoms with Gasteiger partial charge in [0.1, 0.15) is 0 Å². The molecular weight excluding hydrogens is 202 g/mol. The second-order valence-corrected chi connectivity index (χ2v) is 4.62. The monoisotopic (exact) mass is 229 g/mol. The summed E-state index contributed by atoms with van der Waals surface area (Å²) in [6.07, 6.45) is 9.50. The van der Waals surface area contributed by atoms with Gasteiger partial charge in [0.25, 0.3) is 0 Å². The van der Waals surface area contributed by atoms with Crippen LogP contribution < -0.4 is 5.73 Å². The van der Waals surface area contributed by atoms with E-state index in [1.807, 2.05) is 6.08 Å². The van der Waals surface area contributed by atoms with E-state index in [4.69, 9.17) is 15.9 Å². The number of nitrogens with two attached hydrogens (primary N) is 1. The molecule has 0 aromatic carbocycles. The fourth-order valence-electron chi connectivity index (χ4n) is 1.58. The van der Waals surface area contributed by atoms with Crippen LogP contribution in [-0.2, 0) is 0 Å². The minimum absolute atomic E-state index is 0.181. The Morgan fingerprint density at radius 2 is 1.88 bits per heavy atom. The van der Waals surface area contributed by atoms with Crippen molar-refractivity contribution in [1.29, 1.82) is 0 Å². The zero-order valence-corrected chi connectivity index (χ0v) is 10.7. The lowest BCUT2D eigenvalue weighted by Gasteiger charge is -2.22. The van der Waals surface area contributed by atoms with Crippen LogP contribution >= 0.6 is 0 Å². The first-order valence-corrected chi connectivity index (χ1v) is 6.29. The summed E-state index contributed by atoms with van der Waals surface area (Å²) in [5.41, 5.74) is 4.91. The quantitative estimate of drug-likeness (QED) is 0.528. The van der Waals surface area contributed by atoms with Gasteiger partial charge in [0.15, 0.2) is 0 Å². The number of allylic oxidation sites excluding steroid dienone is 1. The summed E-state index contributed by atoms with van der Waals surface area (Å²) in [6.45, 7) is 4.01. The molecule has 16 heavy (non-hydrogen) atoms. The molecule has 1 unspecified atom stereocenters. The molecule has 3 heteroatoms. The summed E-state index contributed by atoms with van der Waals surface area (Å²) in [5, 5.41) is 18.1. The van der Waals surface area contributed by atoms with Crippen LogP contribution in [0.1, 0.15) is 46.0 Å². The van der Waals surface area contributed by atoms with Gasteiger partial charge in [-0.05, 0) is 25.2 Å². The van der Waals surface area contributed by atoms with E-state index in [9.17, 15) is 0 Å². The molecule has 3 nitrogen and oxygen atoms in total. The van der Waals surface area contributed by atoms with Crippen molar-refractivity contribution >= 4 is 0 Å². The number of aliphatic hydroxyl groups is 2. The Balaban J connectivity index is 4.04. The maximum atomic E-state index is 9.03. The van der Waals surface area contributed by atoms with E-state index < -0.39 is 5.54 Å². The zero-order valence-electron chi connectivity index (χ0n) is 10.7. The molecule has 0 aliphatic rings. The molecule has 0 aromatic heterocycles. The van der Waals surface area contributed by atoms with Gasteiger partial charge in [0.05, 0.1) is 18.8 Å². The third-order valence-corrected chi connectivity index (χ3v) is 3.02. The SMILES string of the molecule is CCCCC(C=CCC(N)(CO)CO)CC. The number of rotatable bonds is 9. The summed E-state index contributed by atoms with van der Waals surface area (Å²) in [4.78, 5) is 0. The highest BCUT2D eigenvalue weighted by molar-refractivity contribution is 4.96. The van der Waals surface area contributed by atoms with Crippen LogP contribution in [0.5, 0.6) is 0 Å². The Morgan fingerprint density at radius 3 is 2.31 bits per heavy atom. The average Bonchev–Trinajstić information content (AvgIpc) is 2.33. The Labute approximate surface area is 99.4 Å². The van der Waals surface area contributed by atoms with Gasteiger partial charge in [-0.1, -0.05) is 38.8 Å². The number of aliphatic hydroxyl groups excluding tert-OH is 2. The summed E-state index contributed by atoms with van der Waals surface area (Å²) in [7, 11) is 0. The summed E-state index contributed by atoms with van der Waals surface area (Å²) in [6, 6.07) is 0. The average molecular weight is 229 g/mol. The predicted molar refractivity (Wildman–Crippen MR) is 68.2 cm³/mol. The maximum absolute atomic E-state index is 9.03. The van der Waals surface area contributed by atoms with Gasteiger partial charge < -0.3 is 15.9 Å². The molecule has 4 N–H and O–H groups in total. The standard InChI is InChI=1S/C13H27NO2/c1-3-5-7-12(4-2)8-6-9-13(14,10-15)11-16/h6,8,12,15-16H,3-5,7,9-11,14H2,1-2H3. The highest BCUT2D eigenvalue weighted by atomic mass is 16.3. The Kier molecular flexibility index (Phi) is 8.53. The normalized spacial score (nSPS) is 14.6. The first kappa shape index (κ1) is 15.6. The molecule has 0 amide bonds. The number of unbranched alkanes of at least 4 members (excludes halogenated alkanes) is 1. The van der Waals surface area contributed by atoms with Crippen LogP contribution in [-0.4, -0.2) is 29.0 Å². The summed E-state index contributed by atoms with van der Waals surface area (Å²) in [5.74, 6) is 0.599. The van der Waals surface area contributed by atoms with E-state index in [0.717, 1.165) is 6.42 Å². The van der Waals surface area contributed by atoms with Crippen LogP contribution in [0.2, 0.25) is 0 Å². The Hall–Kier alpha value is -0.380. The number of hydrogen-bond donors (Lipinski definition) is 3. The molecule has 0 rings (SSSR count). The second kappa shape index (κ2) is 8.74. The van der Waals surface area contributed by atoms with Crippen LogP contribution in [0.25, 0.3) is 0 Å². The van der Waals surface area contributed by atoms with Crippen molar-refractivity contribution in [1.82, 2.24) is 0 Å². The van der Waals surface area contributed by atoms with Crippen molar-refractivity contribution in [3.63, 3.8) is 0 Å². The van der Waals surface area contributed by atoms with E-state index in [1.165, 1.54) is 19.3 Å². The third-order valence-electron chi connectivity index (χ3n) is 3.02. The minimum Gasteiger partial charge on any atom is -0.394 e. The molecule has 96 valence electrons. The van der Waals surface area contributed by atoms with E-state index in [2.05, 4.69) is 19.9 Å².